The molecule has 0 saturated carbocycles. The Hall–Kier alpha value is -3.83. The summed E-state index contributed by atoms with van der Waals surface area (Å²) in [5, 5.41) is 2.38. The summed E-state index contributed by atoms with van der Waals surface area (Å²) >= 11 is 6.68. The molecule has 0 aromatic heterocycles. The standard InChI is InChI=1S/C28H23F3N2O4S2/c1-17(19-7-4-3-5-8-19)33-26(35)24(39-27(33)38)14-18-11-12-22(23(13-18)36-2)37-16-25(34)32-21-10-6-9-20(15-21)28(29,30)31/h3-15,17H,16H2,1-2H3,(H,32,34)/b24-14+/t17-/m0/s1. The van der Waals surface area contributed by atoms with Gasteiger partial charge < -0.3 is 14.8 Å². The lowest BCUT2D eigenvalue weighted by molar-refractivity contribution is -0.137. The number of hydrogen-bond donors (Lipinski definition) is 1. The van der Waals surface area contributed by atoms with E-state index >= 15 is 0 Å². The number of nitrogens with one attached hydrogen (secondary N) is 1. The lowest BCUT2D eigenvalue weighted by atomic mass is 10.1. The van der Waals surface area contributed by atoms with Crippen LogP contribution in [0.2, 0.25) is 0 Å². The summed E-state index contributed by atoms with van der Waals surface area (Å²) in [5.41, 5.74) is 0.750. The predicted octanol–water partition coefficient (Wildman–Crippen LogP) is 6.69. The van der Waals surface area contributed by atoms with Crippen LogP contribution >= 0.6 is 24.0 Å². The number of hydrogen-bond acceptors (Lipinski definition) is 6. The van der Waals surface area contributed by atoms with Crippen molar-refractivity contribution in [3.05, 3.63) is 94.4 Å². The molecule has 2 amide bonds. The van der Waals surface area contributed by atoms with Crippen molar-refractivity contribution in [2.75, 3.05) is 19.0 Å². The molecule has 3 aromatic carbocycles. The van der Waals surface area contributed by atoms with Gasteiger partial charge in [-0.15, -0.1) is 0 Å². The molecular weight excluding hydrogens is 549 g/mol. The average molecular weight is 573 g/mol. The number of benzene rings is 3. The van der Waals surface area contributed by atoms with Gasteiger partial charge in [-0.3, -0.25) is 14.5 Å². The summed E-state index contributed by atoms with van der Waals surface area (Å²) in [5.74, 6) is -0.286. The van der Waals surface area contributed by atoms with Crippen LogP contribution in [0.25, 0.3) is 6.08 Å². The fourth-order valence-corrected chi connectivity index (χ4v) is 5.27. The van der Waals surface area contributed by atoms with Gasteiger partial charge in [0.25, 0.3) is 11.8 Å². The molecule has 4 rings (SSSR count). The Balaban J connectivity index is 1.42. The fraction of sp³-hybridized carbons (Fsp3) is 0.179. The van der Waals surface area contributed by atoms with Crippen molar-refractivity contribution < 1.29 is 32.2 Å². The second kappa shape index (κ2) is 11.9. The fourth-order valence-electron chi connectivity index (χ4n) is 3.85. The normalized spacial score (nSPS) is 15.4. The molecule has 3 aromatic rings. The average Bonchev–Trinajstić information content (AvgIpc) is 3.19. The predicted molar refractivity (Wildman–Crippen MR) is 148 cm³/mol. The summed E-state index contributed by atoms with van der Waals surface area (Å²) in [4.78, 5) is 27.5. The maximum atomic E-state index is 13.1. The zero-order valence-corrected chi connectivity index (χ0v) is 22.5. The van der Waals surface area contributed by atoms with Gasteiger partial charge in [-0.2, -0.15) is 13.2 Å². The highest BCUT2D eigenvalue weighted by atomic mass is 32.2. The lowest BCUT2D eigenvalue weighted by Gasteiger charge is -2.23. The van der Waals surface area contributed by atoms with Crippen molar-refractivity contribution in [3.63, 3.8) is 0 Å². The van der Waals surface area contributed by atoms with E-state index in [1.54, 1.807) is 29.2 Å². The molecule has 1 N–H and O–H groups in total. The molecule has 0 spiro atoms. The molecule has 1 atom stereocenters. The summed E-state index contributed by atoms with van der Waals surface area (Å²) in [6.45, 7) is 1.46. The van der Waals surface area contributed by atoms with Crippen molar-refractivity contribution in [1.29, 1.82) is 0 Å². The van der Waals surface area contributed by atoms with Crippen LogP contribution in [0.3, 0.4) is 0 Å². The second-order valence-electron chi connectivity index (χ2n) is 8.46. The Morgan fingerprint density at radius 3 is 2.51 bits per heavy atom. The molecule has 0 aliphatic carbocycles. The second-order valence-corrected chi connectivity index (χ2v) is 10.1. The first kappa shape index (κ1) is 28.2. The van der Waals surface area contributed by atoms with E-state index in [2.05, 4.69) is 5.32 Å². The largest absolute Gasteiger partial charge is 0.493 e. The summed E-state index contributed by atoms with van der Waals surface area (Å²) in [6, 6.07) is 18.6. The van der Waals surface area contributed by atoms with Crippen LogP contribution in [-0.4, -0.2) is 34.8 Å². The third-order valence-corrected chi connectivity index (χ3v) is 7.14. The highest BCUT2D eigenvalue weighted by Crippen LogP contribution is 2.39. The van der Waals surface area contributed by atoms with Crippen LogP contribution in [0.5, 0.6) is 11.5 Å². The molecule has 6 nitrogen and oxygen atoms in total. The number of methoxy groups -OCH3 is 1. The van der Waals surface area contributed by atoms with Gasteiger partial charge in [0.15, 0.2) is 18.1 Å². The van der Waals surface area contributed by atoms with Gasteiger partial charge in [0, 0.05) is 5.69 Å². The Bertz CT molecular complexity index is 1430. The molecule has 0 radical (unpaired) electrons. The van der Waals surface area contributed by atoms with E-state index < -0.39 is 24.3 Å². The zero-order valence-electron chi connectivity index (χ0n) is 20.8. The Labute approximate surface area is 232 Å². The third kappa shape index (κ3) is 6.79. The van der Waals surface area contributed by atoms with Gasteiger partial charge in [0.1, 0.15) is 4.32 Å². The lowest BCUT2D eigenvalue weighted by Crippen LogP contribution is -2.30. The van der Waals surface area contributed by atoms with Gasteiger partial charge in [0.2, 0.25) is 0 Å². The number of ether oxygens (including phenoxy) is 2. The molecule has 0 bridgehead atoms. The summed E-state index contributed by atoms with van der Waals surface area (Å²) in [7, 11) is 1.43. The molecule has 39 heavy (non-hydrogen) atoms. The molecule has 1 fully saturated rings. The Morgan fingerprint density at radius 1 is 1.08 bits per heavy atom. The van der Waals surface area contributed by atoms with Gasteiger partial charge in [0.05, 0.1) is 23.6 Å². The number of amides is 2. The van der Waals surface area contributed by atoms with Gasteiger partial charge in [-0.05, 0) is 54.5 Å². The number of alkyl halides is 3. The first-order valence-electron chi connectivity index (χ1n) is 11.7. The number of carbonyl (C=O) groups is 2. The minimum absolute atomic E-state index is 0.000338. The quantitative estimate of drug-likeness (QED) is 0.240. The van der Waals surface area contributed by atoms with E-state index in [9.17, 15) is 22.8 Å². The minimum atomic E-state index is -4.52. The molecule has 1 aliphatic heterocycles. The molecular formula is C28H23F3N2O4S2. The molecule has 1 aliphatic rings. The smallest absolute Gasteiger partial charge is 0.416 e. The van der Waals surface area contributed by atoms with E-state index in [0.717, 1.165) is 17.7 Å². The van der Waals surface area contributed by atoms with Gasteiger partial charge in [-0.25, -0.2) is 0 Å². The molecule has 11 heteroatoms. The van der Waals surface area contributed by atoms with Crippen LogP contribution in [0.4, 0.5) is 18.9 Å². The molecule has 0 unspecified atom stereocenters. The number of thioether (sulfide) groups is 1. The number of rotatable bonds is 8. The van der Waals surface area contributed by atoms with E-state index in [0.29, 0.717) is 20.5 Å². The van der Waals surface area contributed by atoms with Crippen LogP contribution in [0.15, 0.2) is 77.7 Å². The van der Waals surface area contributed by atoms with Crippen LogP contribution in [-0.2, 0) is 15.8 Å². The molecule has 202 valence electrons. The van der Waals surface area contributed by atoms with Crippen molar-refractivity contribution in [2.24, 2.45) is 0 Å². The van der Waals surface area contributed by atoms with Crippen LogP contribution < -0.4 is 14.8 Å². The summed E-state index contributed by atoms with van der Waals surface area (Å²) in [6.07, 6.45) is -2.82. The zero-order chi connectivity index (χ0) is 28.2. The van der Waals surface area contributed by atoms with Gasteiger partial charge >= 0.3 is 6.18 Å². The maximum Gasteiger partial charge on any atom is 0.416 e. The van der Waals surface area contributed by atoms with E-state index in [4.69, 9.17) is 21.7 Å². The number of thiocarbonyl (C=S) groups is 1. The van der Waals surface area contributed by atoms with Gasteiger partial charge in [-0.1, -0.05) is 66.4 Å². The Morgan fingerprint density at radius 2 is 1.82 bits per heavy atom. The highest BCUT2D eigenvalue weighted by Gasteiger charge is 2.36. The van der Waals surface area contributed by atoms with E-state index in [1.807, 2.05) is 37.3 Å². The first-order chi connectivity index (χ1) is 18.6. The first-order valence-corrected chi connectivity index (χ1v) is 12.9. The molecule has 1 saturated heterocycles. The van der Waals surface area contributed by atoms with E-state index in [-0.39, 0.29) is 23.4 Å². The number of halogens is 3. The topological polar surface area (TPSA) is 67.9 Å². The monoisotopic (exact) mass is 572 g/mol. The minimum Gasteiger partial charge on any atom is -0.493 e. The SMILES string of the molecule is COc1cc(/C=C2/SC(=S)N([C@@H](C)c3ccccc3)C2=O)ccc1OCC(=O)Nc1cccc(C(F)(F)F)c1. The third-order valence-electron chi connectivity index (χ3n) is 5.81. The number of anilines is 1. The maximum absolute atomic E-state index is 13.1. The van der Waals surface area contributed by atoms with E-state index in [1.165, 1.54) is 31.0 Å². The van der Waals surface area contributed by atoms with Crippen molar-refractivity contribution >= 4 is 51.9 Å². The van der Waals surface area contributed by atoms with Crippen LogP contribution in [0, 0.1) is 0 Å². The molecule has 1 heterocycles. The van der Waals surface area contributed by atoms with Crippen LogP contribution in [0.1, 0.15) is 29.7 Å². The Kier molecular flexibility index (Phi) is 8.61. The summed E-state index contributed by atoms with van der Waals surface area (Å²) < 4.78 is 50.1. The van der Waals surface area contributed by atoms with Crippen molar-refractivity contribution in [2.45, 2.75) is 19.1 Å². The van der Waals surface area contributed by atoms with Crippen molar-refractivity contribution in [1.82, 2.24) is 4.90 Å². The highest BCUT2D eigenvalue weighted by molar-refractivity contribution is 8.26. The number of nitrogens with zero attached hydrogens (tertiary/aromatic N) is 1. The van der Waals surface area contributed by atoms with Crippen molar-refractivity contribution in [3.8, 4) is 11.5 Å². The number of carbonyl (C=O) groups excluding carboxylic acids is 2.